The summed E-state index contributed by atoms with van der Waals surface area (Å²) in [5.41, 5.74) is 2.02. The standard InChI is InChI=1S/C25H30N2O4/c1-6-30-20-13-9-19(10-14-20)26-23-22(24(28)27(17(4)5)25(23)29)18-7-11-21(12-8-18)31-15-16(2)3/h7-14,16-17,26H,6,15H2,1-5H3. The van der Waals surface area contributed by atoms with Gasteiger partial charge in [-0.05, 0) is 68.7 Å². The number of nitrogens with one attached hydrogen (secondary N) is 1. The normalized spacial score (nSPS) is 14.1. The topological polar surface area (TPSA) is 67.9 Å². The zero-order chi connectivity index (χ0) is 22.5. The van der Waals surface area contributed by atoms with Crippen molar-refractivity contribution in [3.8, 4) is 11.5 Å². The van der Waals surface area contributed by atoms with E-state index in [1.165, 1.54) is 4.90 Å². The first-order chi connectivity index (χ1) is 14.8. The fraction of sp³-hybridized carbons (Fsp3) is 0.360. The Morgan fingerprint density at radius 3 is 1.97 bits per heavy atom. The van der Waals surface area contributed by atoms with Gasteiger partial charge in [-0.3, -0.25) is 14.5 Å². The largest absolute Gasteiger partial charge is 0.494 e. The third kappa shape index (κ3) is 5.08. The molecule has 2 aromatic carbocycles. The van der Waals surface area contributed by atoms with Gasteiger partial charge < -0.3 is 14.8 Å². The van der Waals surface area contributed by atoms with Crippen LogP contribution in [0.4, 0.5) is 5.69 Å². The van der Waals surface area contributed by atoms with Crippen molar-refractivity contribution in [3.63, 3.8) is 0 Å². The van der Waals surface area contributed by atoms with Crippen LogP contribution < -0.4 is 14.8 Å². The van der Waals surface area contributed by atoms with Crippen molar-refractivity contribution in [2.24, 2.45) is 5.92 Å². The van der Waals surface area contributed by atoms with Crippen molar-refractivity contribution >= 4 is 23.1 Å². The van der Waals surface area contributed by atoms with Gasteiger partial charge >= 0.3 is 0 Å². The summed E-state index contributed by atoms with van der Waals surface area (Å²) in [5.74, 6) is 1.27. The highest BCUT2D eigenvalue weighted by Crippen LogP contribution is 2.32. The molecule has 31 heavy (non-hydrogen) atoms. The first-order valence-electron chi connectivity index (χ1n) is 10.7. The van der Waals surface area contributed by atoms with Crippen LogP contribution in [0, 0.1) is 5.92 Å². The number of imide groups is 1. The fourth-order valence-corrected chi connectivity index (χ4v) is 3.33. The molecule has 0 saturated carbocycles. The van der Waals surface area contributed by atoms with Gasteiger partial charge in [-0.1, -0.05) is 26.0 Å². The van der Waals surface area contributed by atoms with Gasteiger partial charge in [0, 0.05) is 11.7 Å². The third-order valence-electron chi connectivity index (χ3n) is 4.79. The Bertz CT molecular complexity index is 960. The maximum Gasteiger partial charge on any atom is 0.278 e. The number of nitrogens with zero attached hydrogens (tertiary/aromatic N) is 1. The lowest BCUT2D eigenvalue weighted by Crippen LogP contribution is -2.38. The summed E-state index contributed by atoms with van der Waals surface area (Å²) >= 11 is 0. The van der Waals surface area contributed by atoms with Crippen molar-refractivity contribution in [1.29, 1.82) is 0 Å². The molecule has 0 bridgehead atoms. The number of rotatable bonds is 9. The highest BCUT2D eigenvalue weighted by atomic mass is 16.5. The van der Waals surface area contributed by atoms with E-state index < -0.39 is 0 Å². The molecular weight excluding hydrogens is 392 g/mol. The Kier molecular flexibility index (Phi) is 7.00. The lowest BCUT2D eigenvalue weighted by molar-refractivity contribution is -0.138. The summed E-state index contributed by atoms with van der Waals surface area (Å²) in [6.07, 6.45) is 0. The van der Waals surface area contributed by atoms with E-state index in [2.05, 4.69) is 19.2 Å². The Morgan fingerprint density at radius 1 is 0.839 bits per heavy atom. The second kappa shape index (κ2) is 9.69. The van der Waals surface area contributed by atoms with Gasteiger partial charge in [0.1, 0.15) is 17.2 Å². The molecule has 164 valence electrons. The molecule has 2 amide bonds. The van der Waals surface area contributed by atoms with Gasteiger partial charge in [-0.15, -0.1) is 0 Å². The second-order valence-electron chi connectivity index (χ2n) is 8.14. The van der Waals surface area contributed by atoms with E-state index in [0.29, 0.717) is 36.0 Å². The molecule has 1 aliphatic rings. The molecule has 0 spiro atoms. The number of amides is 2. The number of carbonyl (C=O) groups excluding carboxylic acids is 2. The monoisotopic (exact) mass is 422 g/mol. The van der Waals surface area contributed by atoms with Crippen molar-refractivity contribution in [1.82, 2.24) is 4.90 Å². The highest BCUT2D eigenvalue weighted by Gasteiger charge is 2.40. The summed E-state index contributed by atoms with van der Waals surface area (Å²) in [6, 6.07) is 14.4. The smallest absolute Gasteiger partial charge is 0.278 e. The minimum atomic E-state index is -0.330. The molecular formula is C25H30N2O4. The summed E-state index contributed by atoms with van der Waals surface area (Å²) in [5, 5.41) is 3.16. The first kappa shape index (κ1) is 22.4. The third-order valence-corrected chi connectivity index (χ3v) is 4.79. The van der Waals surface area contributed by atoms with Crippen molar-refractivity contribution in [2.75, 3.05) is 18.5 Å². The van der Waals surface area contributed by atoms with Gasteiger partial charge in [0.25, 0.3) is 11.8 Å². The number of anilines is 1. The van der Waals surface area contributed by atoms with Crippen LogP contribution in [0.2, 0.25) is 0 Å². The molecule has 1 heterocycles. The number of benzene rings is 2. The molecule has 2 aromatic rings. The van der Waals surface area contributed by atoms with Gasteiger partial charge in [-0.25, -0.2) is 0 Å². The zero-order valence-corrected chi connectivity index (χ0v) is 18.8. The number of hydrogen-bond donors (Lipinski definition) is 1. The molecule has 1 aliphatic heterocycles. The molecule has 0 radical (unpaired) electrons. The maximum absolute atomic E-state index is 13.2. The Morgan fingerprint density at radius 2 is 1.42 bits per heavy atom. The number of carbonyl (C=O) groups is 2. The van der Waals surface area contributed by atoms with Crippen LogP contribution in [0.5, 0.6) is 11.5 Å². The fourth-order valence-electron chi connectivity index (χ4n) is 3.33. The maximum atomic E-state index is 13.2. The lowest BCUT2D eigenvalue weighted by atomic mass is 10.0. The van der Waals surface area contributed by atoms with Crippen LogP contribution >= 0.6 is 0 Å². The van der Waals surface area contributed by atoms with E-state index in [4.69, 9.17) is 9.47 Å². The van der Waals surface area contributed by atoms with E-state index in [1.807, 2.05) is 69.3 Å². The summed E-state index contributed by atoms with van der Waals surface area (Å²) in [7, 11) is 0. The summed E-state index contributed by atoms with van der Waals surface area (Å²) in [6.45, 7) is 10.9. The summed E-state index contributed by atoms with van der Waals surface area (Å²) in [4.78, 5) is 27.5. The quantitative estimate of drug-likeness (QED) is 0.592. The highest BCUT2D eigenvalue weighted by molar-refractivity contribution is 6.36. The molecule has 0 fully saturated rings. The molecule has 3 rings (SSSR count). The Balaban J connectivity index is 1.94. The van der Waals surface area contributed by atoms with E-state index in [-0.39, 0.29) is 23.6 Å². The van der Waals surface area contributed by atoms with Crippen LogP contribution in [0.3, 0.4) is 0 Å². The van der Waals surface area contributed by atoms with Crippen molar-refractivity contribution in [2.45, 2.75) is 40.7 Å². The van der Waals surface area contributed by atoms with E-state index in [1.54, 1.807) is 0 Å². The van der Waals surface area contributed by atoms with E-state index >= 15 is 0 Å². The average molecular weight is 423 g/mol. The van der Waals surface area contributed by atoms with Crippen LogP contribution in [-0.2, 0) is 9.59 Å². The molecule has 0 saturated heterocycles. The van der Waals surface area contributed by atoms with Crippen molar-refractivity contribution in [3.05, 3.63) is 59.8 Å². The SMILES string of the molecule is CCOc1ccc(NC2=C(c3ccc(OCC(C)C)cc3)C(=O)N(C(C)C)C2=O)cc1. The zero-order valence-electron chi connectivity index (χ0n) is 18.8. The molecule has 0 aromatic heterocycles. The average Bonchev–Trinajstić information content (AvgIpc) is 2.98. The predicted octanol–water partition coefficient (Wildman–Crippen LogP) is 4.72. The minimum Gasteiger partial charge on any atom is -0.494 e. The van der Waals surface area contributed by atoms with Gasteiger partial charge in [-0.2, -0.15) is 0 Å². The number of hydrogen-bond acceptors (Lipinski definition) is 5. The lowest BCUT2D eigenvalue weighted by Gasteiger charge is -2.19. The predicted molar refractivity (Wildman–Crippen MR) is 122 cm³/mol. The van der Waals surface area contributed by atoms with Gasteiger partial charge in [0.15, 0.2) is 0 Å². The molecule has 0 unspecified atom stereocenters. The molecule has 6 nitrogen and oxygen atoms in total. The van der Waals surface area contributed by atoms with Crippen LogP contribution in [-0.4, -0.2) is 36.0 Å². The van der Waals surface area contributed by atoms with Crippen LogP contribution in [0.25, 0.3) is 5.57 Å². The summed E-state index contributed by atoms with van der Waals surface area (Å²) < 4.78 is 11.2. The molecule has 6 heteroatoms. The Labute approximate surface area is 183 Å². The minimum absolute atomic E-state index is 0.247. The Hall–Kier alpha value is -3.28. The number of ether oxygens (including phenoxy) is 2. The van der Waals surface area contributed by atoms with Crippen LogP contribution in [0.15, 0.2) is 54.2 Å². The van der Waals surface area contributed by atoms with E-state index in [0.717, 1.165) is 11.5 Å². The molecule has 0 atom stereocenters. The second-order valence-corrected chi connectivity index (χ2v) is 8.14. The first-order valence-corrected chi connectivity index (χ1v) is 10.7. The van der Waals surface area contributed by atoms with Gasteiger partial charge in [0.2, 0.25) is 0 Å². The van der Waals surface area contributed by atoms with Gasteiger partial charge in [0.05, 0.1) is 18.8 Å². The van der Waals surface area contributed by atoms with E-state index in [9.17, 15) is 9.59 Å². The van der Waals surface area contributed by atoms with Crippen molar-refractivity contribution < 1.29 is 19.1 Å². The molecule has 0 aliphatic carbocycles. The molecule has 1 N–H and O–H groups in total. The van der Waals surface area contributed by atoms with Crippen LogP contribution in [0.1, 0.15) is 40.2 Å².